The molecule has 3 aliphatic rings. The molecule has 9 nitrogen and oxygen atoms in total. The Hall–Kier alpha value is -3.82. The number of imide groups is 2. The lowest BCUT2D eigenvalue weighted by molar-refractivity contribution is -0.129. The number of benzene rings is 2. The first-order valence-corrected chi connectivity index (χ1v) is 11.1. The molecule has 3 aliphatic heterocycles. The lowest BCUT2D eigenvalue weighted by Crippen LogP contribution is -2.43. The van der Waals surface area contributed by atoms with Crippen molar-refractivity contribution >= 4 is 23.6 Å². The Labute approximate surface area is 195 Å². The van der Waals surface area contributed by atoms with Crippen molar-refractivity contribution in [3.8, 4) is 5.75 Å². The molecule has 0 atom stereocenters. The number of fused-ring (bicyclic) bond motifs is 1. The molecule has 1 saturated heterocycles. The van der Waals surface area contributed by atoms with Crippen molar-refractivity contribution in [1.82, 2.24) is 15.1 Å². The number of carbonyl (C=O) groups excluding carboxylic acids is 4. The van der Waals surface area contributed by atoms with E-state index in [-0.39, 0.29) is 35.6 Å². The first kappa shape index (κ1) is 22.0. The lowest BCUT2D eigenvalue weighted by Gasteiger charge is -2.26. The molecule has 0 aliphatic carbocycles. The van der Waals surface area contributed by atoms with E-state index >= 15 is 0 Å². The number of carbonyl (C=O) groups is 4. The highest BCUT2D eigenvalue weighted by Crippen LogP contribution is 2.34. The van der Waals surface area contributed by atoms with E-state index in [4.69, 9.17) is 9.47 Å². The molecule has 0 aromatic heterocycles. The molecular formula is C25H23N3O6. The number of amides is 4. The molecule has 0 unspecified atom stereocenters. The van der Waals surface area contributed by atoms with Gasteiger partial charge in [-0.05, 0) is 29.3 Å². The van der Waals surface area contributed by atoms with E-state index < -0.39 is 23.6 Å². The first-order valence-electron chi connectivity index (χ1n) is 11.1. The average Bonchev–Trinajstić information content (AvgIpc) is 3.10. The SMILES string of the molecule is O=C1CC=C(N2C(=O)c3cccc(OCc4ccc(CN5CCOCC5)cc4)c3C2=O)C(=O)N1. The van der Waals surface area contributed by atoms with Crippen LogP contribution in [0.3, 0.4) is 0 Å². The number of hydrogen-bond acceptors (Lipinski definition) is 7. The molecule has 1 fully saturated rings. The zero-order valence-electron chi connectivity index (χ0n) is 18.4. The average molecular weight is 461 g/mol. The van der Waals surface area contributed by atoms with Gasteiger partial charge in [0.25, 0.3) is 17.7 Å². The van der Waals surface area contributed by atoms with Gasteiger partial charge in [-0.3, -0.25) is 29.4 Å². The van der Waals surface area contributed by atoms with Crippen LogP contribution in [0.2, 0.25) is 0 Å². The summed E-state index contributed by atoms with van der Waals surface area (Å²) >= 11 is 0. The van der Waals surface area contributed by atoms with Gasteiger partial charge in [0.2, 0.25) is 5.91 Å². The minimum absolute atomic E-state index is 0.0840. The molecule has 0 spiro atoms. The quantitative estimate of drug-likeness (QED) is 0.652. The number of nitrogens with one attached hydrogen (secondary N) is 1. The molecule has 0 saturated carbocycles. The first-order chi connectivity index (χ1) is 16.5. The molecule has 9 heteroatoms. The second-order valence-corrected chi connectivity index (χ2v) is 8.29. The molecule has 3 heterocycles. The zero-order valence-corrected chi connectivity index (χ0v) is 18.4. The third-order valence-electron chi connectivity index (χ3n) is 6.01. The third-order valence-corrected chi connectivity index (χ3v) is 6.01. The van der Waals surface area contributed by atoms with E-state index in [1.807, 2.05) is 12.1 Å². The van der Waals surface area contributed by atoms with Gasteiger partial charge in [-0.15, -0.1) is 0 Å². The minimum atomic E-state index is -0.773. The lowest BCUT2D eigenvalue weighted by atomic mass is 10.1. The summed E-state index contributed by atoms with van der Waals surface area (Å²) in [6, 6.07) is 12.8. The number of hydrogen-bond donors (Lipinski definition) is 1. The normalized spacial score (nSPS) is 18.6. The zero-order chi connectivity index (χ0) is 23.7. The Morgan fingerprint density at radius 2 is 1.65 bits per heavy atom. The summed E-state index contributed by atoms with van der Waals surface area (Å²) in [7, 11) is 0. The van der Waals surface area contributed by atoms with Gasteiger partial charge in [0.15, 0.2) is 0 Å². The van der Waals surface area contributed by atoms with Gasteiger partial charge in [0, 0.05) is 26.1 Å². The van der Waals surface area contributed by atoms with Crippen LogP contribution in [-0.2, 0) is 27.5 Å². The Balaban J connectivity index is 1.29. The summed E-state index contributed by atoms with van der Waals surface area (Å²) in [6.45, 7) is 4.43. The molecule has 34 heavy (non-hydrogen) atoms. The highest BCUT2D eigenvalue weighted by molar-refractivity contribution is 6.27. The molecule has 5 rings (SSSR count). The van der Waals surface area contributed by atoms with Gasteiger partial charge >= 0.3 is 0 Å². The van der Waals surface area contributed by atoms with E-state index in [1.54, 1.807) is 12.1 Å². The van der Waals surface area contributed by atoms with E-state index in [0.29, 0.717) is 0 Å². The van der Waals surface area contributed by atoms with Crippen molar-refractivity contribution in [3.05, 3.63) is 76.5 Å². The predicted octanol–water partition coefficient (Wildman–Crippen LogP) is 1.62. The van der Waals surface area contributed by atoms with Crippen LogP contribution in [0.4, 0.5) is 0 Å². The van der Waals surface area contributed by atoms with E-state index in [0.717, 1.165) is 43.3 Å². The fourth-order valence-electron chi connectivity index (χ4n) is 4.23. The van der Waals surface area contributed by atoms with Crippen molar-refractivity contribution in [3.63, 3.8) is 0 Å². The summed E-state index contributed by atoms with van der Waals surface area (Å²) in [5.74, 6) is -2.25. The van der Waals surface area contributed by atoms with Gasteiger partial charge in [0.05, 0.1) is 24.3 Å². The molecular weight excluding hydrogens is 438 g/mol. The van der Waals surface area contributed by atoms with E-state index in [1.165, 1.54) is 17.7 Å². The molecule has 2 aromatic rings. The number of morpholine rings is 1. The van der Waals surface area contributed by atoms with Gasteiger partial charge in [0.1, 0.15) is 18.1 Å². The molecule has 1 N–H and O–H groups in total. The van der Waals surface area contributed by atoms with Crippen LogP contribution < -0.4 is 10.1 Å². The Kier molecular flexibility index (Phi) is 5.95. The van der Waals surface area contributed by atoms with Gasteiger partial charge in [-0.1, -0.05) is 30.3 Å². The van der Waals surface area contributed by atoms with Crippen LogP contribution in [0.5, 0.6) is 5.75 Å². The minimum Gasteiger partial charge on any atom is -0.488 e. The maximum Gasteiger partial charge on any atom is 0.274 e. The molecule has 174 valence electrons. The van der Waals surface area contributed by atoms with E-state index in [9.17, 15) is 19.2 Å². The van der Waals surface area contributed by atoms with Crippen molar-refractivity contribution < 1.29 is 28.7 Å². The molecule has 4 amide bonds. The maximum absolute atomic E-state index is 13.1. The van der Waals surface area contributed by atoms with Crippen molar-refractivity contribution in [2.45, 2.75) is 19.6 Å². The topological polar surface area (TPSA) is 105 Å². The fourth-order valence-corrected chi connectivity index (χ4v) is 4.23. The summed E-state index contributed by atoms with van der Waals surface area (Å²) in [5, 5.41) is 2.13. The summed E-state index contributed by atoms with van der Waals surface area (Å²) in [6.07, 6.45) is 1.21. The molecule has 0 bridgehead atoms. The van der Waals surface area contributed by atoms with Crippen LogP contribution in [0.25, 0.3) is 0 Å². The van der Waals surface area contributed by atoms with Crippen LogP contribution in [0.15, 0.2) is 54.2 Å². The van der Waals surface area contributed by atoms with Gasteiger partial charge < -0.3 is 9.47 Å². The third kappa shape index (κ3) is 4.23. The Morgan fingerprint density at radius 3 is 2.38 bits per heavy atom. The monoisotopic (exact) mass is 461 g/mol. The van der Waals surface area contributed by atoms with Gasteiger partial charge in [-0.25, -0.2) is 4.90 Å². The Morgan fingerprint density at radius 1 is 0.912 bits per heavy atom. The van der Waals surface area contributed by atoms with Crippen LogP contribution in [-0.4, -0.2) is 59.7 Å². The molecule has 2 aromatic carbocycles. The van der Waals surface area contributed by atoms with Crippen LogP contribution in [0, 0.1) is 0 Å². The van der Waals surface area contributed by atoms with E-state index in [2.05, 4.69) is 22.3 Å². The number of ether oxygens (including phenoxy) is 2. The Bertz CT molecular complexity index is 1200. The summed E-state index contributed by atoms with van der Waals surface area (Å²) < 4.78 is 11.3. The van der Waals surface area contributed by atoms with Gasteiger partial charge in [-0.2, -0.15) is 0 Å². The van der Waals surface area contributed by atoms with Crippen molar-refractivity contribution in [2.24, 2.45) is 0 Å². The number of rotatable bonds is 6. The summed E-state index contributed by atoms with van der Waals surface area (Å²) in [4.78, 5) is 52.8. The van der Waals surface area contributed by atoms with Crippen LogP contribution >= 0.6 is 0 Å². The highest BCUT2D eigenvalue weighted by atomic mass is 16.5. The second-order valence-electron chi connectivity index (χ2n) is 8.29. The fraction of sp³-hybridized carbons (Fsp3) is 0.280. The summed E-state index contributed by atoms with van der Waals surface area (Å²) in [5.41, 5.74) is 2.24. The van der Waals surface area contributed by atoms with Crippen molar-refractivity contribution in [2.75, 3.05) is 26.3 Å². The maximum atomic E-state index is 13.1. The highest BCUT2D eigenvalue weighted by Gasteiger charge is 2.43. The predicted molar refractivity (Wildman–Crippen MR) is 120 cm³/mol. The van der Waals surface area contributed by atoms with Crippen molar-refractivity contribution in [1.29, 1.82) is 0 Å². The number of nitrogens with zero attached hydrogens (tertiary/aromatic N) is 2. The molecule has 0 radical (unpaired) electrons. The second kappa shape index (κ2) is 9.20. The standard InChI is InChI=1S/C25H23N3O6/c29-21-9-8-19(23(30)26-21)28-24(31)18-2-1-3-20(22(18)25(28)32)34-15-17-6-4-16(5-7-17)14-27-10-12-33-13-11-27/h1-8H,9-15H2,(H,26,29,30). The largest absolute Gasteiger partial charge is 0.488 e. The smallest absolute Gasteiger partial charge is 0.274 e. The van der Waals surface area contributed by atoms with Crippen LogP contribution in [0.1, 0.15) is 38.3 Å².